The molecule has 0 unspecified atom stereocenters. The van der Waals surface area contributed by atoms with Gasteiger partial charge in [0.25, 0.3) is 0 Å². The van der Waals surface area contributed by atoms with E-state index in [1.54, 1.807) is 6.07 Å². The minimum atomic E-state index is -0.363. The summed E-state index contributed by atoms with van der Waals surface area (Å²) in [5.41, 5.74) is -0.363. The predicted molar refractivity (Wildman–Crippen MR) is 68.6 cm³/mol. The van der Waals surface area contributed by atoms with Crippen LogP contribution in [-0.4, -0.2) is 34.3 Å². The van der Waals surface area contributed by atoms with E-state index in [0.29, 0.717) is 11.1 Å². The lowest BCUT2D eigenvalue weighted by Gasteiger charge is -2.35. The molecule has 5 heteroatoms. The van der Waals surface area contributed by atoms with Gasteiger partial charge < -0.3 is 10.0 Å². The summed E-state index contributed by atoms with van der Waals surface area (Å²) < 4.78 is 0. The van der Waals surface area contributed by atoms with Crippen LogP contribution in [0.5, 0.6) is 0 Å². The first kappa shape index (κ1) is 12.6. The Balaban J connectivity index is 2.31. The fourth-order valence-electron chi connectivity index (χ4n) is 1.53. The van der Waals surface area contributed by atoms with E-state index in [1.165, 1.54) is 0 Å². The number of halogens is 1. The van der Waals surface area contributed by atoms with Crippen molar-refractivity contribution < 1.29 is 5.11 Å². The summed E-state index contributed by atoms with van der Waals surface area (Å²) in [5.74, 6) is 2.07. The van der Waals surface area contributed by atoms with Gasteiger partial charge in [0, 0.05) is 19.0 Å². The Morgan fingerprint density at radius 1 is 1.47 bits per heavy atom. The minimum absolute atomic E-state index is 0.0594. The Bertz CT molecular complexity index is 418. The third kappa shape index (κ3) is 2.69. The van der Waals surface area contributed by atoms with Gasteiger partial charge in [-0.25, -0.2) is 9.97 Å². The van der Waals surface area contributed by atoms with E-state index in [0.717, 1.165) is 24.5 Å². The third-order valence-electron chi connectivity index (χ3n) is 3.28. The van der Waals surface area contributed by atoms with Crippen LogP contribution in [0.15, 0.2) is 6.07 Å². The fraction of sp³-hybridized carbons (Fsp3) is 0.667. The van der Waals surface area contributed by atoms with E-state index in [4.69, 9.17) is 11.6 Å². The number of aromatic nitrogens is 2. The molecular formula is C12H18ClN3O. The van der Waals surface area contributed by atoms with Gasteiger partial charge in [0.05, 0.1) is 12.1 Å². The molecule has 0 amide bonds. The Labute approximate surface area is 107 Å². The molecule has 1 N–H and O–H groups in total. The lowest BCUT2D eigenvalue weighted by Crippen LogP contribution is -2.45. The van der Waals surface area contributed by atoms with E-state index < -0.39 is 0 Å². The highest BCUT2D eigenvalue weighted by Gasteiger charge is 2.29. The van der Waals surface area contributed by atoms with Crippen molar-refractivity contribution in [3.05, 3.63) is 17.0 Å². The molecule has 1 aromatic rings. The van der Waals surface area contributed by atoms with Crippen LogP contribution in [0.4, 0.5) is 5.82 Å². The van der Waals surface area contributed by atoms with Gasteiger partial charge in [0.15, 0.2) is 0 Å². The van der Waals surface area contributed by atoms with Crippen molar-refractivity contribution in [2.45, 2.75) is 38.1 Å². The lowest BCUT2D eigenvalue weighted by atomic mass is 10.1. The fourth-order valence-corrected chi connectivity index (χ4v) is 1.72. The van der Waals surface area contributed by atoms with Crippen molar-refractivity contribution in [3.8, 4) is 0 Å². The normalized spacial score (nSPS) is 16.1. The SMILES string of the molecule is CN(c1cc(Cl)nc(C2CC2)n1)C(C)(C)CO. The summed E-state index contributed by atoms with van der Waals surface area (Å²) in [4.78, 5) is 10.7. The summed E-state index contributed by atoms with van der Waals surface area (Å²) in [7, 11) is 1.91. The Kier molecular flexibility index (Phi) is 3.27. The zero-order valence-corrected chi connectivity index (χ0v) is 11.2. The van der Waals surface area contributed by atoms with Crippen LogP contribution >= 0.6 is 11.6 Å². The van der Waals surface area contributed by atoms with Gasteiger partial charge in [-0.2, -0.15) is 0 Å². The molecule has 0 atom stereocenters. The van der Waals surface area contributed by atoms with Crippen LogP contribution in [-0.2, 0) is 0 Å². The second-order valence-corrected chi connectivity index (χ2v) is 5.60. The van der Waals surface area contributed by atoms with Gasteiger partial charge in [0.1, 0.15) is 16.8 Å². The van der Waals surface area contributed by atoms with Gasteiger partial charge in [0.2, 0.25) is 0 Å². The van der Waals surface area contributed by atoms with Crippen molar-refractivity contribution in [2.75, 3.05) is 18.6 Å². The van der Waals surface area contributed by atoms with Gasteiger partial charge in [-0.15, -0.1) is 0 Å². The number of hydrogen-bond acceptors (Lipinski definition) is 4. The average molecular weight is 256 g/mol. The smallest absolute Gasteiger partial charge is 0.135 e. The van der Waals surface area contributed by atoms with Crippen LogP contribution in [0, 0.1) is 0 Å². The van der Waals surface area contributed by atoms with E-state index in [-0.39, 0.29) is 12.1 Å². The summed E-state index contributed by atoms with van der Waals surface area (Å²) in [5, 5.41) is 9.84. The molecule has 17 heavy (non-hydrogen) atoms. The number of nitrogens with zero attached hydrogens (tertiary/aromatic N) is 3. The van der Waals surface area contributed by atoms with E-state index in [2.05, 4.69) is 9.97 Å². The van der Waals surface area contributed by atoms with Crippen LogP contribution in [0.3, 0.4) is 0 Å². The van der Waals surface area contributed by atoms with E-state index in [1.807, 2.05) is 25.8 Å². The van der Waals surface area contributed by atoms with Crippen LogP contribution in [0.1, 0.15) is 38.4 Å². The molecule has 0 aliphatic heterocycles. The van der Waals surface area contributed by atoms with Gasteiger partial charge in [-0.3, -0.25) is 0 Å². The number of aliphatic hydroxyl groups excluding tert-OH is 1. The lowest BCUT2D eigenvalue weighted by molar-refractivity contribution is 0.215. The van der Waals surface area contributed by atoms with E-state index in [9.17, 15) is 5.11 Å². The number of hydrogen-bond donors (Lipinski definition) is 1. The van der Waals surface area contributed by atoms with Crippen molar-refractivity contribution in [2.24, 2.45) is 0 Å². The minimum Gasteiger partial charge on any atom is -0.394 e. The zero-order chi connectivity index (χ0) is 12.6. The molecule has 0 saturated heterocycles. The maximum Gasteiger partial charge on any atom is 0.135 e. The maximum absolute atomic E-state index is 9.37. The standard InChI is InChI=1S/C12H18ClN3O/c1-12(2,7-17)16(3)10-6-9(13)14-11(15-10)8-4-5-8/h6,8,17H,4-5,7H2,1-3H3. The largest absolute Gasteiger partial charge is 0.394 e. The summed E-state index contributed by atoms with van der Waals surface area (Å²) >= 11 is 6.02. The summed E-state index contributed by atoms with van der Waals surface area (Å²) in [6.07, 6.45) is 2.29. The van der Waals surface area contributed by atoms with Crippen LogP contribution in [0.2, 0.25) is 5.15 Å². The topological polar surface area (TPSA) is 49.2 Å². The Morgan fingerprint density at radius 3 is 2.65 bits per heavy atom. The number of anilines is 1. The highest BCUT2D eigenvalue weighted by Crippen LogP contribution is 2.39. The van der Waals surface area contributed by atoms with Gasteiger partial charge in [-0.1, -0.05) is 11.6 Å². The Hall–Kier alpha value is -0.870. The van der Waals surface area contributed by atoms with E-state index >= 15 is 0 Å². The summed E-state index contributed by atoms with van der Waals surface area (Å²) in [6, 6.07) is 1.74. The first-order chi connectivity index (χ1) is 7.94. The molecule has 1 aliphatic carbocycles. The molecule has 1 aliphatic rings. The molecule has 0 radical (unpaired) electrons. The molecule has 0 bridgehead atoms. The third-order valence-corrected chi connectivity index (χ3v) is 3.47. The zero-order valence-electron chi connectivity index (χ0n) is 10.4. The van der Waals surface area contributed by atoms with Gasteiger partial charge in [-0.05, 0) is 26.7 Å². The van der Waals surface area contributed by atoms with Gasteiger partial charge >= 0.3 is 0 Å². The second kappa shape index (κ2) is 4.42. The van der Waals surface area contributed by atoms with Crippen molar-refractivity contribution in [3.63, 3.8) is 0 Å². The highest BCUT2D eigenvalue weighted by atomic mass is 35.5. The number of likely N-dealkylation sites (N-methyl/N-ethyl adjacent to an activating group) is 1. The first-order valence-electron chi connectivity index (χ1n) is 5.83. The molecule has 1 heterocycles. The van der Waals surface area contributed by atoms with Crippen LogP contribution < -0.4 is 4.90 Å². The van der Waals surface area contributed by atoms with Crippen molar-refractivity contribution in [1.29, 1.82) is 0 Å². The molecule has 94 valence electrons. The summed E-state index contributed by atoms with van der Waals surface area (Å²) in [6.45, 7) is 3.98. The maximum atomic E-state index is 9.37. The average Bonchev–Trinajstić information content (AvgIpc) is 3.11. The van der Waals surface area contributed by atoms with Crippen molar-refractivity contribution >= 4 is 17.4 Å². The molecule has 1 saturated carbocycles. The second-order valence-electron chi connectivity index (χ2n) is 5.21. The molecule has 4 nitrogen and oxygen atoms in total. The quantitative estimate of drug-likeness (QED) is 0.839. The molecular weight excluding hydrogens is 238 g/mol. The number of aliphatic hydroxyl groups is 1. The molecule has 2 rings (SSSR count). The first-order valence-corrected chi connectivity index (χ1v) is 6.21. The monoisotopic (exact) mass is 255 g/mol. The molecule has 1 fully saturated rings. The molecule has 0 spiro atoms. The Morgan fingerprint density at radius 2 is 2.12 bits per heavy atom. The van der Waals surface area contributed by atoms with Crippen molar-refractivity contribution in [1.82, 2.24) is 9.97 Å². The highest BCUT2D eigenvalue weighted by molar-refractivity contribution is 6.29. The molecule has 1 aromatic heterocycles. The predicted octanol–water partition coefficient (Wildman–Crippen LogP) is 2.21. The van der Waals surface area contributed by atoms with Crippen LogP contribution in [0.25, 0.3) is 0 Å². The number of rotatable bonds is 4. The molecule has 0 aromatic carbocycles.